The van der Waals surface area contributed by atoms with Crippen LogP contribution < -0.4 is 5.32 Å². The van der Waals surface area contributed by atoms with Gasteiger partial charge >= 0.3 is 0 Å². The SMILES string of the molecule is CCN(CCO)CC(=O)NC(C)Cc1ccccc1C. The van der Waals surface area contributed by atoms with Crippen LogP contribution >= 0.6 is 0 Å². The average Bonchev–Trinajstić information content (AvgIpc) is 2.40. The fraction of sp³-hybridized carbons (Fsp3) is 0.562. The molecule has 0 aliphatic rings. The molecule has 4 heteroatoms. The van der Waals surface area contributed by atoms with Gasteiger partial charge in [0.25, 0.3) is 0 Å². The highest BCUT2D eigenvalue weighted by Gasteiger charge is 2.12. The first-order valence-corrected chi connectivity index (χ1v) is 7.23. The van der Waals surface area contributed by atoms with Gasteiger partial charge in [0.15, 0.2) is 0 Å². The minimum atomic E-state index is 0.0152. The van der Waals surface area contributed by atoms with E-state index in [9.17, 15) is 4.79 Å². The molecule has 4 nitrogen and oxygen atoms in total. The van der Waals surface area contributed by atoms with E-state index in [2.05, 4.69) is 24.4 Å². The van der Waals surface area contributed by atoms with Gasteiger partial charge in [0, 0.05) is 12.6 Å². The Labute approximate surface area is 121 Å². The number of amides is 1. The standard InChI is InChI=1S/C16H26N2O2/c1-4-18(9-10-19)12-16(20)17-14(3)11-15-8-6-5-7-13(15)2/h5-8,14,19H,4,9-12H2,1-3H3,(H,17,20). The summed E-state index contributed by atoms with van der Waals surface area (Å²) in [7, 11) is 0. The third-order valence-electron chi connectivity index (χ3n) is 3.43. The molecule has 0 heterocycles. The average molecular weight is 278 g/mol. The van der Waals surface area contributed by atoms with Crippen LogP contribution in [-0.4, -0.2) is 48.2 Å². The smallest absolute Gasteiger partial charge is 0.234 e. The Morgan fingerprint density at radius 3 is 2.70 bits per heavy atom. The normalized spacial score (nSPS) is 12.4. The van der Waals surface area contributed by atoms with Gasteiger partial charge in [-0.25, -0.2) is 0 Å². The maximum atomic E-state index is 11.9. The van der Waals surface area contributed by atoms with Crippen LogP contribution in [0.4, 0.5) is 0 Å². The fourth-order valence-corrected chi connectivity index (χ4v) is 2.23. The lowest BCUT2D eigenvalue weighted by Crippen LogP contribution is -2.42. The third-order valence-corrected chi connectivity index (χ3v) is 3.43. The van der Waals surface area contributed by atoms with Crippen LogP contribution in [-0.2, 0) is 11.2 Å². The lowest BCUT2D eigenvalue weighted by atomic mass is 10.0. The van der Waals surface area contributed by atoms with Gasteiger partial charge in [-0.3, -0.25) is 9.69 Å². The van der Waals surface area contributed by atoms with Gasteiger partial charge in [-0.15, -0.1) is 0 Å². The van der Waals surface area contributed by atoms with E-state index < -0.39 is 0 Å². The molecule has 0 spiro atoms. The van der Waals surface area contributed by atoms with E-state index in [4.69, 9.17) is 5.11 Å². The van der Waals surface area contributed by atoms with E-state index in [0.717, 1.165) is 13.0 Å². The summed E-state index contributed by atoms with van der Waals surface area (Å²) >= 11 is 0. The molecule has 1 amide bonds. The lowest BCUT2D eigenvalue weighted by Gasteiger charge is -2.21. The van der Waals surface area contributed by atoms with Gasteiger partial charge < -0.3 is 10.4 Å². The molecule has 0 aromatic heterocycles. The van der Waals surface area contributed by atoms with E-state index in [1.807, 2.05) is 30.9 Å². The van der Waals surface area contributed by atoms with Gasteiger partial charge in [0.05, 0.1) is 13.2 Å². The molecule has 0 bridgehead atoms. The number of aliphatic hydroxyl groups excluding tert-OH is 1. The zero-order valence-electron chi connectivity index (χ0n) is 12.7. The molecule has 1 atom stereocenters. The van der Waals surface area contributed by atoms with Crippen molar-refractivity contribution in [2.24, 2.45) is 0 Å². The Morgan fingerprint density at radius 2 is 2.10 bits per heavy atom. The second-order valence-electron chi connectivity index (χ2n) is 5.19. The molecule has 0 aliphatic heterocycles. The number of aliphatic hydroxyl groups is 1. The van der Waals surface area contributed by atoms with Crippen molar-refractivity contribution in [3.8, 4) is 0 Å². The maximum Gasteiger partial charge on any atom is 0.234 e. The summed E-state index contributed by atoms with van der Waals surface area (Å²) in [6, 6.07) is 8.34. The van der Waals surface area contributed by atoms with E-state index in [0.29, 0.717) is 13.1 Å². The topological polar surface area (TPSA) is 52.6 Å². The Morgan fingerprint density at radius 1 is 1.40 bits per heavy atom. The van der Waals surface area contributed by atoms with Crippen LogP contribution in [0.1, 0.15) is 25.0 Å². The largest absolute Gasteiger partial charge is 0.395 e. The summed E-state index contributed by atoms with van der Waals surface area (Å²) in [5.41, 5.74) is 2.52. The molecule has 0 aliphatic carbocycles. The second-order valence-corrected chi connectivity index (χ2v) is 5.19. The number of likely N-dealkylation sites (N-methyl/N-ethyl adjacent to an activating group) is 1. The maximum absolute atomic E-state index is 11.9. The van der Waals surface area contributed by atoms with Crippen molar-refractivity contribution in [3.63, 3.8) is 0 Å². The van der Waals surface area contributed by atoms with Gasteiger partial charge in [0.2, 0.25) is 5.91 Å². The Balaban J connectivity index is 2.43. The molecular formula is C16H26N2O2. The van der Waals surface area contributed by atoms with Crippen LogP contribution in [0.3, 0.4) is 0 Å². The fourth-order valence-electron chi connectivity index (χ4n) is 2.23. The summed E-state index contributed by atoms with van der Waals surface area (Å²) in [5, 5.41) is 11.9. The van der Waals surface area contributed by atoms with Crippen molar-refractivity contribution in [2.75, 3.05) is 26.2 Å². The molecule has 1 aromatic rings. The monoisotopic (exact) mass is 278 g/mol. The lowest BCUT2D eigenvalue weighted by molar-refractivity contribution is -0.122. The summed E-state index contributed by atoms with van der Waals surface area (Å²) in [4.78, 5) is 13.9. The number of hydrogen-bond donors (Lipinski definition) is 2. The van der Waals surface area contributed by atoms with Crippen LogP contribution in [0.2, 0.25) is 0 Å². The first kappa shape index (κ1) is 16.7. The van der Waals surface area contributed by atoms with Crippen LogP contribution in [0.5, 0.6) is 0 Å². The highest BCUT2D eigenvalue weighted by molar-refractivity contribution is 5.78. The minimum absolute atomic E-state index is 0.0152. The molecule has 2 N–H and O–H groups in total. The quantitative estimate of drug-likeness (QED) is 0.755. The summed E-state index contributed by atoms with van der Waals surface area (Å²) in [5.74, 6) is 0.0152. The predicted octanol–water partition coefficient (Wildman–Crippen LogP) is 1.36. The van der Waals surface area contributed by atoms with E-state index >= 15 is 0 Å². The Bertz CT molecular complexity index is 421. The third kappa shape index (κ3) is 5.72. The first-order chi connectivity index (χ1) is 9.56. The van der Waals surface area contributed by atoms with E-state index in [-0.39, 0.29) is 18.6 Å². The summed E-state index contributed by atoms with van der Waals surface area (Å²) < 4.78 is 0. The van der Waals surface area contributed by atoms with Crippen LogP contribution in [0.25, 0.3) is 0 Å². The molecule has 0 saturated carbocycles. The molecule has 0 saturated heterocycles. The van der Waals surface area contributed by atoms with Crippen molar-refractivity contribution in [1.29, 1.82) is 0 Å². The summed E-state index contributed by atoms with van der Waals surface area (Å²) in [6.07, 6.45) is 0.838. The van der Waals surface area contributed by atoms with Crippen molar-refractivity contribution < 1.29 is 9.90 Å². The number of carbonyl (C=O) groups is 1. The number of aryl methyl sites for hydroxylation is 1. The molecule has 1 unspecified atom stereocenters. The van der Waals surface area contributed by atoms with Crippen molar-refractivity contribution in [3.05, 3.63) is 35.4 Å². The zero-order chi connectivity index (χ0) is 15.0. The van der Waals surface area contributed by atoms with E-state index in [1.165, 1.54) is 11.1 Å². The Hall–Kier alpha value is -1.39. The number of hydrogen-bond acceptors (Lipinski definition) is 3. The minimum Gasteiger partial charge on any atom is -0.395 e. The van der Waals surface area contributed by atoms with Crippen molar-refractivity contribution in [2.45, 2.75) is 33.2 Å². The van der Waals surface area contributed by atoms with Crippen molar-refractivity contribution >= 4 is 5.91 Å². The number of benzene rings is 1. The second kappa shape index (κ2) is 8.72. The molecule has 0 radical (unpaired) electrons. The van der Waals surface area contributed by atoms with Gasteiger partial charge in [0.1, 0.15) is 0 Å². The molecule has 112 valence electrons. The van der Waals surface area contributed by atoms with Crippen LogP contribution in [0.15, 0.2) is 24.3 Å². The highest BCUT2D eigenvalue weighted by Crippen LogP contribution is 2.09. The van der Waals surface area contributed by atoms with E-state index in [1.54, 1.807) is 0 Å². The number of nitrogens with zero attached hydrogens (tertiary/aromatic N) is 1. The molecular weight excluding hydrogens is 252 g/mol. The van der Waals surface area contributed by atoms with Gasteiger partial charge in [-0.05, 0) is 37.9 Å². The van der Waals surface area contributed by atoms with Gasteiger partial charge in [-0.2, -0.15) is 0 Å². The molecule has 1 aromatic carbocycles. The number of carbonyl (C=O) groups excluding carboxylic acids is 1. The molecule has 0 fully saturated rings. The van der Waals surface area contributed by atoms with Crippen LogP contribution in [0, 0.1) is 6.92 Å². The number of rotatable bonds is 8. The zero-order valence-corrected chi connectivity index (χ0v) is 12.7. The van der Waals surface area contributed by atoms with Crippen molar-refractivity contribution in [1.82, 2.24) is 10.2 Å². The molecule has 20 heavy (non-hydrogen) atoms. The van der Waals surface area contributed by atoms with Gasteiger partial charge in [-0.1, -0.05) is 31.2 Å². The highest BCUT2D eigenvalue weighted by atomic mass is 16.3. The first-order valence-electron chi connectivity index (χ1n) is 7.23. The number of nitrogens with one attached hydrogen (secondary N) is 1. The Kier molecular flexibility index (Phi) is 7.26. The summed E-state index contributed by atoms with van der Waals surface area (Å²) in [6.45, 7) is 7.82. The predicted molar refractivity (Wildman–Crippen MR) is 81.7 cm³/mol. The molecule has 1 rings (SSSR count).